The average molecular weight is 197 g/mol. The molecule has 1 aromatic heterocycles. The van der Waals surface area contributed by atoms with Crippen LogP contribution < -0.4 is 0 Å². The second-order valence-corrected chi connectivity index (χ2v) is 2.26. The molecule has 0 radical (unpaired) electrons. The number of alkyl halides is 5. The van der Waals surface area contributed by atoms with Crippen LogP contribution in [0.1, 0.15) is 17.6 Å². The Morgan fingerprint density at radius 1 is 1.23 bits per heavy atom. The summed E-state index contributed by atoms with van der Waals surface area (Å²) in [7, 11) is 0. The molecule has 0 saturated heterocycles. The van der Waals surface area contributed by atoms with Crippen molar-refractivity contribution in [3.8, 4) is 0 Å². The first-order valence-corrected chi connectivity index (χ1v) is 3.22. The molecule has 0 bridgehead atoms. The number of aromatic nitrogens is 1. The number of pyridine rings is 1. The maximum Gasteiger partial charge on any atom is 0.418 e. The lowest BCUT2D eigenvalue weighted by molar-refractivity contribution is -0.139. The number of halogens is 5. The van der Waals surface area contributed by atoms with Gasteiger partial charge >= 0.3 is 6.18 Å². The van der Waals surface area contributed by atoms with Crippen molar-refractivity contribution in [2.75, 3.05) is 0 Å². The SMILES string of the molecule is FC(F)c1ccncc1C(F)(F)F. The van der Waals surface area contributed by atoms with E-state index in [2.05, 4.69) is 4.98 Å². The minimum atomic E-state index is -4.78. The molecule has 0 aliphatic carbocycles. The van der Waals surface area contributed by atoms with Gasteiger partial charge in [-0.1, -0.05) is 0 Å². The molecule has 0 atom stereocenters. The first-order chi connectivity index (χ1) is 5.93. The molecule has 0 aromatic carbocycles. The average Bonchev–Trinajstić information content (AvgIpc) is 2.03. The molecule has 0 aliphatic rings. The molecule has 0 saturated carbocycles. The van der Waals surface area contributed by atoms with E-state index in [-0.39, 0.29) is 0 Å². The van der Waals surface area contributed by atoms with Crippen molar-refractivity contribution in [1.29, 1.82) is 0 Å². The largest absolute Gasteiger partial charge is 0.418 e. The van der Waals surface area contributed by atoms with Crippen molar-refractivity contribution >= 4 is 0 Å². The van der Waals surface area contributed by atoms with E-state index < -0.39 is 23.7 Å². The molecule has 0 fully saturated rings. The molecule has 0 unspecified atom stereocenters. The van der Waals surface area contributed by atoms with Gasteiger partial charge in [0.2, 0.25) is 0 Å². The van der Waals surface area contributed by atoms with E-state index in [9.17, 15) is 22.0 Å². The van der Waals surface area contributed by atoms with Crippen molar-refractivity contribution in [2.45, 2.75) is 12.6 Å². The quantitative estimate of drug-likeness (QED) is 0.630. The van der Waals surface area contributed by atoms with Crippen LogP contribution in [0, 0.1) is 0 Å². The highest BCUT2D eigenvalue weighted by molar-refractivity contribution is 5.26. The van der Waals surface area contributed by atoms with Crippen molar-refractivity contribution < 1.29 is 22.0 Å². The van der Waals surface area contributed by atoms with Gasteiger partial charge in [-0.25, -0.2) is 8.78 Å². The lowest BCUT2D eigenvalue weighted by atomic mass is 10.1. The van der Waals surface area contributed by atoms with Gasteiger partial charge in [0, 0.05) is 18.0 Å². The summed E-state index contributed by atoms with van der Waals surface area (Å²) >= 11 is 0. The van der Waals surface area contributed by atoms with E-state index in [4.69, 9.17) is 0 Å². The third kappa shape index (κ3) is 2.13. The third-order valence-corrected chi connectivity index (χ3v) is 1.40. The Morgan fingerprint density at radius 3 is 2.23 bits per heavy atom. The fourth-order valence-electron chi connectivity index (χ4n) is 0.832. The predicted octanol–water partition coefficient (Wildman–Crippen LogP) is 3.04. The molecule has 1 heterocycles. The van der Waals surface area contributed by atoms with Crippen LogP contribution >= 0.6 is 0 Å². The first kappa shape index (κ1) is 9.88. The molecule has 0 amide bonds. The number of nitrogens with zero attached hydrogens (tertiary/aromatic N) is 1. The Hall–Kier alpha value is -1.20. The van der Waals surface area contributed by atoms with Gasteiger partial charge in [-0.05, 0) is 6.07 Å². The molecular formula is C7H4F5N. The van der Waals surface area contributed by atoms with E-state index in [0.717, 1.165) is 6.20 Å². The molecule has 72 valence electrons. The Kier molecular flexibility index (Phi) is 2.49. The summed E-state index contributed by atoms with van der Waals surface area (Å²) in [5, 5.41) is 0. The van der Waals surface area contributed by atoms with Crippen LogP contribution in [0.2, 0.25) is 0 Å². The van der Waals surface area contributed by atoms with Crippen molar-refractivity contribution in [3.63, 3.8) is 0 Å². The Bertz CT molecular complexity index is 293. The second-order valence-electron chi connectivity index (χ2n) is 2.26. The summed E-state index contributed by atoms with van der Waals surface area (Å²) in [6.45, 7) is 0. The van der Waals surface area contributed by atoms with Gasteiger partial charge in [-0.2, -0.15) is 13.2 Å². The molecule has 1 nitrogen and oxygen atoms in total. The zero-order chi connectivity index (χ0) is 10.1. The van der Waals surface area contributed by atoms with Crippen molar-refractivity contribution in [1.82, 2.24) is 4.98 Å². The highest BCUT2D eigenvalue weighted by atomic mass is 19.4. The second kappa shape index (κ2) is 3.27. The van der Waals surface area contributed by atoms with Crippen LogP contribution in [0.25, 0.3) is 0 Å². The highest BCUT2D eigenvalue weighted by Crippen LogP contribution is 2.35. The summed E-state index contributed by atoms with van der Waals surface area (Å²) < 4.78 is 60.2. The maximum atomic E-state index is 12.0. The minimum absolute atomic E-state index is 0.390. The van der Waals surface area contributed by atoms with E-state index in [1.165, 1.54) is 0 Å². The fourth-order valence-corrected chi connectivity index (χ4v) is 0.832. The van der Waals surface area contributed by atoms with Crippen LogP contribution in [-0.4, -0.2) is 4.98 Å². The van der Waals surface area contributed by atoms with Gasteiger partial charge in [0.25, 0.3) is 6.43 Å². The van der Waals surface area contributed by atoms with Crippen molar-refractivity contribution in [2.24, 2.45) is 0 Å². The molecule has 13 heavy (non-hydrogen) atoms. The molecule has 0 N–H and O–H groups in total. The Morgan fingerprint density at radius 2 is 1.85 bits per heavy atom. The van der Waals surface area contributed by atoms with E-state index in [1.807, 2.05) is 0 Å². The monoisotopic (exact) mass is 197 g/mol. The molecule has 6 heteroatoms. The molecule has 0 aliphatic heterocycles. The zero-order valence-corrected chi connectivity index (χ0v) is 6.15. The highest BCUT2D eigenvalue weighted by Gasteiger charge is 2.35. The van der Waals surface area contributed by atoms with Gasteiger partial charge in [-0.15, -0.1) is 0 Å². The van der Waals surface area contributed by atoms with Gasteiger partial charge in [0.05, 0.1) is 5.56 Å². The first-order valence-electron chi connectivity index (χ1n) is 3.22. The van der Waals surface area contributed by atoms with E-state index in [1.54, 1.807) is 0 Å². The summed E-state index contributed by atoms with van der Waals surface area (Å²) in [4.78, 5) is 3.14. The fraction of sp³-hybridized carbons (Fsp3) is 0.286. The zero-order valence-electron chi connectivity index (χ0n) is 6.15. The molecule has 1 aromatic rings. The summed E-state index contributed by atoms with van der Waals surface area (Å²) in [6.07, 6.45) is -6.63. The lowest BCUT2D eigenvalue weighted by Crippen LogP contribution is -2.09. The number of rotatable bonds is 1. The van der Waals surface area contributed by atoms with Gasteiger partial charge < -0.3 is 0 Å². The van der Waals surface area contributed by atoms with E-state index in [0.29, 0.717) is 12.3 Å². The normalized spacial score (nSPS) is 12.2. The predicted molar refractivity (Wildman–Crippen MR) is 34.2 cm³/mol. The van der Waals surface area contributed by atoms with E-state index >= 15 is 0 Å². The summed E-state index contributed by atoms with van der Waals surface area (Å²) in [5.74, 6) is 0. The Labute approximate surface area is 70.2 Å². The van der Waals surface area contributed by atoms with Crippen LogP contribution in [0.4, 0.5) is 22.0 Å². The summed E-state index contributed by atoms with van der Waals surface area (Å²) in [5.41, 5.74) is -2.42. The smallest absolute Gasteiger partial charge is 0.264 e. The van der Waals surface area contributed by atoms with Crippen LogP contribution in [0.5, 0.6) is 0 Å². The van der Waals surface area contributed by atoms with Crippen LogP contribution in [-0.2, 0) is 6.18 Å². The number of hydrogen-bond acceptors (Lipinski definition) is 1. The Balaban J connectivity index is 3.20. The molecular weight excluding hydrogens is 193 g/mol. The van der Waals surface area contributed by atoms with Crippen LogP contribution in [0.3, 0.4) is 0 Å². The molecule has 0 spiro atoms. The maximum absolute atomic E-state index is 12.0. The van der Waals surface area contributed by atoms with Gasteiger partial charge in [-0.3, -0.25) is 4.98 Å². The minimum Gasteiger partial charge on any atom is -0.264 e. The lowest BCUT2D eigenvalue weighted by Gasteiger charge is -2.10. The molecule has 1 rings (SSSR count). The summed E-state index contributed by atoms with van der Waals surface area (Å²) in [6, 6.07) is 0.660. The van der Waals surface area contributed by atoms with Crippen LogP contribution in [0.15, 0.2) is 18.5 Å². The van der Waals surface area contributed by atoms with Gasteiger partial charge in [0.1, 0.15) is 0 Å². The van der Waals surface area contributed by atoms with Crippen molar-refractivity contribution in [3.05, 3.63) is 29.6 Å². The number of hydrogen-bond donors (Lipinski definition) is 0. The standard InChI is InChI=1S/C7H4F5N/c8-6(9)4-1-2-13-3-5(4)7(10,11)12/h1-3,6H. The van der Waals surface area contributed by atoms with Gasteiger partial charge in [0.15, 0.2) is 0 Å². The third-order valence-electron chi connectivity index (χ3n) is 1.40. The topological polar surface area (TPSA) is 12.9 Å².